The molecule has 0 saturated heterocycles. The molecule has 18 heavy (non-hydrogen) atoms. The van der Waals surface area contributed by atoms with Gasteiger partial charge in [-0.15, -0.1) is 0 Å². The van der Waals surface area contributed by atoms with Gasteiger partial charge in [0, 0.05) is 8.95 Å². The van der Waals surface area contributed by atoms with Crippen LogP contribution in [0, 0.1) is 6.92 Å². The lowest BCUT2D eigenvalue weighted by molar-refractivity contribution is 0.0732. The van der Waals surface area contributed by atoms with Gasteiger partial charge in [-0.25, -0.2) is 4.79 Å². The van der Waals surface area contributed by atoms with E-state index >= 15 is 0 Å². The van der Waals surface area contributed by atoms with Crippen molar-refractivity contribution in [2.75, 3.05) is 0 Å². The summed E-state index contributed by atoms with van der Waals surface area (Å²) in [5.41, 5.74) is 1.42. The molecule has 0 aliphatic carbocycles. The fourth-order valence-electron chi connectivity index (χ4n) is 1.49. The van der Waals surface area contributed by atoms with E-state index < -0.39 is 0 Å². The molecule has 0 atom stereocenters. The first-order chi connectivity index (χ1) is 8.59. The van der Waals surface area contributed by atoms with E-state index in [1.807, 2.05) is 31.2 Å². The minimum absolute atomic E-state index is 0.377. The summed E-state index contributed by atoms with van der Waals surface area (Å²) in [5.74, 6) is 0.201. The summed E-state index contributed by atoms with van der Waals surface area (Å²) in [6, 6.07) is 12.8. The molecule has 0 amide bonds. The van der Waals surface area contributed by atoms with Crippen LogP contribution >= 0.6 is 31.9 Å². The summed E-state index contributed by atoms with van der Waals surface area (Å²) in [6.07, 6.45) is 0. The molecule has 2 rings (SSSR count). The van der Waals surface area contributed by atoms with Gasteiger partial charge in [-0.05, 0) is 62.5 Å². The van der Waals surface area contributed by atoms with Crippen molar-refractivity contribution in [3.63, 3.8) is 0 Å². The maximum atomic E-state index is 12.1. The number of ether oxygens (including phenoxy) is 1. The summed E-state index contributed by atoms with van der Waals surface area (Å²) in [6.45, 7) is 1.90. The summed E-state index contributed by atoms with van der Waals surface area (Å²) in [4.78, 5) is 12.1. The van der Waals surface area contributed by atoms with Crippen molar-refractivity contribution in [1.82, 2.24) is 0 Å². The first-order valence-electron chi connectivity index (χ1n) is 5.31. The van der Waals surface area contributed by atoms with E-state index in [0.29, 0.717) is 15.8 Å². The molecule has 0 aliphatic rings. The molecule has 0 saturated carbocycles. The van der Waals surface area contributed by atoms with Crippen molar-refractivity contribution in [3.05, 3.63) is 62.5 Å². The number of halogens is 2. The smallest absolute Gasteiger partial charge is 0.344 e. The molecule has 2 aromatic carbocycles. The molecular formula is C14H10Br2O2. The van der Waals surface area contributed by atoms with Crippen LogP contribution in [0.15, 0.2) is 51.4 Å². The maximum absolute atomic E-state index is 12.1. The highest BCUT2D eigenvalue weighted by Gasteiger charge is 2.14. The predicted octanol–water partition coefficient (Wildman–Crippen LogP) is 4.74. The zero-order valence-electron chi connectivity index (χ0n) is 9.61. The normalized spacial score (nSPS) is 10.2. The van der Waals surface area contributed by atoms with Gasteiger partial charge < -0.3 is 4.74 Å². The highest BCUT2D eigenvalue weighted by atomic mass is 79.9. The van der Waals surface area contributed by atoms with Crippen molar-refractivity contribution in [2.45, 2.75) is 6.92 Å². The monoisotopic (exact) mass is 368 g/mol. The standard InChI is InChI=1S/C14H10Br2O2/c1-9-5-2-3-8-12(9)18-14(17)10-6-4-7-11(15)13(10)16/h2-8H,1H3. The van der Waals surface area contributed by atoms with Crippen LogP contribution in [0.5, 0.6) is 5.75 Å². The topological polar surface area (TPSA) is 26.3 Å². The molecule has 0 aromatic heterocycles. The van der Waals surface area contributed by atoms with Crippen molar-refractivity contribution < 1.29 is 9.53 Å². The lowest BCUT2D eigenvalue weighted by Gasteiger charge is -2.08. The zero-order valence-corrected chi connectivity index (χ0v) is 12.8. The van der Waals surface area contributed by atoms with Gasteiger partial charge in [0.25, 0.3) is 0 Å². The third-order valence-electron chi connectivity index (χ3n) is 2.47. The quantitative estimate of drug-likeness (QED) is 0.564. The Kier molecular flexibility index (Phi) is 4.19. The van der Waals surface area contributed by atoms with E-state index in [4.69, 9.17) is 4.74 Å². The first-order valence-corrected chi connectivity index (χ1v) is 6.90. The zero-order chi connectivity index (χ0) is 13.1. The Labute approximate surface area is 122 Å². The summed E-state index contributed by atoms with van der Waals surface area (Å²) >= 11 is 6.72. The molecule has 0 radical (unpaired) electrons. The summed E-state index contributed by atoms with van der Waals surface area (Å²) < 4.78 is 6.90. The van der Waals surface area contributed by atoms with Crippen molar-refractivity contribution in [1.29, 1.82) is 0 Å². The van der Waals surface area contributed by atoms with Gasteiger partial charge in [-0.2, -0.15) is 0 Å². The SMILES string of the molecule is Cc1ccccc1OC(=O)c1cccc(Br)c1Br. The number of esters is 1. The molecule has 2 nitrogen and oxygen atoms in total. The van der Waals surface area contributed by atoms with Crippen LogP contribution in [-0.4, -0.2) is 5.97 Å². The fraction of sp³-hybridized carbons (Fsp3) is 0.0714. The number of carbonyl (C=O) groups is 1. The van der Waals surface area contributed by atoms with E-state index in [9.17, 15) is 4.79 Å². The molecule has 0 spiro atoms. The second kappa shape index (κ2) is 5.67. The molecule has 0 N–H and O–H groups in total. The average molecular weight is 370 g/mol. The van der Waals surface area contributed by atoms with Crippen molar-refractivity contribution in [2.24, 2.45) is 0 Å². The number of hydrogen-bond acceptors (Lipinski definition) is 2. The fourth-order valence-corrected chi connectivity index (χ4v) is 2.28. The average Bonchev–Trinajstić information content (AvgIpc) is 2.35. The maximum Gasteiger partial charge on any atom is 0.344 e. The molecule has 0 bridgehead atoms. The van der Waals surface area contributed by atoms with Gasteiger partial charge in [0.05, 0.1) is 5.56 Å². The third-order valence-corrected chi connectivity index (χ3v) is 4.51. The highest BCUT2D eigenvalue weighted by Crippen LogP contribution is 2.28. The van der Waals surface area contributed by atoms with Gasteiger partial charge in [0.2, 0.25) is 0 Å². The molecule has 0 unspecified atom stereocenters. The number of hydrogen-bond donors (Lipinski definition) is 0. The van der Waals surface area contributed by atoms with Crippen LogP contribution in [-0.2, 0) is 0 Å². The largest absolute Gasteiger partial charge is 0.423 e. The van der Waals surface area contributed by atoms with Crippen LogP contribution in [0.3, 0.4) is 0 Å². The second-order valence-electron chi connectivity index (χ2n) is 3.76. The van der Waals surface area contributed by atoms with Gasteiger partial charge in [-0.1, -0.05) is 24.3 Å². The Hall–Kier alpha value is -1.13. The Morgan fingerprint density at radius 3 is 2.50 bits per heavy atom. The molecule has 0 heterocycles. The number of benzene rings is 2. The van der Waals surface area contributed by atoms with Gasteiger partial charge >= 0.3 is 5.97 Å². The number of aryl methyl sites for hydroxylation is 1. The molecule has 0 fully saturated rings. The number of carbonyl (C=O) groups excluding carboxylic acids is 1. The highest BCUT2D eigenvalue weighted by molar-refractivity contribution is 9.13. The minimum Gasteiger partial charge on any atom is -0.423 e. The Morgan fingerprint density at radius 1 is 1.06 bits per heavy atom. The lowest BCUT2D eigenvalue weighted by Crippen LogP contribution is -2.10. The van der Waals surface area contributed by atoms with Crippen LogP contribution in [0.4, 0.5) is 0 Å². The predicted molar refractivity (Wildman–Crippen MR) is 78.0 cm³/mol. The Morgan fingerprint density at radius 2 is 1.78 bits per heavy atom. The molecule has 2 aromatic rings. The van der Waals surface area contributed by atoms with E-state index in [-0.39, 0.29) is 5.97 Å². The van der Waals surface area contributed by atoms with Crippen LogP contribution in [0.2, 0.25) is 0 Å². The third kappa shape index (κ3) is 2.82. The summed E-state index contributed by atoms with van der Waals surface area (Å²) in [5, 5.41) is 0. The second-order valence-corrected chi connectivity index (χ2v) is 5.40. The molecule has 0 aliphatic heterocycles. The number of para-hydroxylation sites is 1. The Balaban J connectivity index is 2.28. The first kappa shape index (κ1) is 13.3. The summed E-state index contributed by atoms with van der Waals surface area (Å²) in [7, 11) is 0. The van der Waals surface area contributed by atoms with Crippen molar-refractivity contribution >= 4 is 37.8 Å². The number of rotatable bonds is 2. The van der Waals surface area contributed by atoms with Gasteiger partial charge in [0.1, 0.15) is 5.75 Å². The lowest BCUT2D eigenvalue weighted by atomic mass is 10.2. The van der Waals surface area contributed by atoms with Gasteiger partial charge in [-0.3, -0.25) is 0 Å². The Bertz CT molecular complexity index is 594. The van der Waals surface area contributed by atoms with E-state index in [1.54, 1.807) is 18.2 Å². The van der Waals surface area contributed by atoms with Gasteiger partial charge in [0.15, 0.2) is 0 Å². The van der Waals surface area contributed by atoms with Crippen molar-refractivity contribution in [3.8, 4) is 5.75 Å². The molecule has 92 valence electrons. The van der Waals surface area contributed by atoms with E-state index in [2.05, 4.69) is 31.9 Å². The molecular weight excluding hydrogens is 360 g/mol. The van der Waals surface area contributed by atoms with Crippen LogP contribution in [0.1, 0.15) is 15.9 Å². The van der Waals surface area contributed by atoms with Crippen LogP contribution in [0.25, 0.3) is 0 Å². The van der Waals surface area contributed by atoms with E-state index in [1.165, 1.54) is 0 Å². The minimum atomic E-state index is -0.377. The van der Waals surface area contributed by atoms with Crippen LogP contribution < -0.4 is 4.74 Å². The van der Waals surface area contributed by atoms with E-state index in [0.717, 1.165) is 10.0 Å². The molecule has 4 heteroatoms.